The number of nitrogens with one attached hydrogen (secondary N) is 1. The molecule has 1 aromatic rings. The summed E-state index contributed by atoms with van der Waals surface area (Å²) in [7, 11) is 1.57. The number of methoxy groups -OCH3 is 1. The van der Waals surface area contributed by atoms with Crippen LogP contribution in [-0.4, -0.2) is 26.4 Å². The van der Waals surface area contributed by atoms with E-state index in [2.05, 4.69) is 5.32 Å². The van der Waals surface area contributed by atoms with E-state index in [1.165, 1.54) is 6.07 Å². The van der Waals surface area contributed by atoms with E-state index in [0.717, 1.165) is 32.4 Å². The lowest BCUT2D eigenvalue weighted by Crippen LogP contribution is -2.13. The standard InChI is InChI=1S/C13H18FNO2/c1-16-11-4-5-12(14)13(9-11)15-7-6-10-3-2-8-17-10/h4-5,9-10,15H,2-3,6-8H2,1H3. The number of halogens is 1. The number of benzene rings is 1. The molecular formula is C13H18FNO2. The van der Waals surface area contributed by atoms with Gasteiger partial charge in [0.05, 0.1) is 18.9 Å². The Balaban J connectivity index is 1.84. The van der Waals surface area contributed by atoms with Gasteiger partial charge in [0.1, 0.15) is 11.6 Å². The lowest BCUT2D eigenvalue weighted by molar-refractivity contribution is 0.107. The van der Waals surface area contributed by atoms with Crippen molar-refractivity contribution in [3.63, 3.8) is 0 Å². The number of hydrogen-bond donors (Lipinski definition) is 1. The molecule has 1 heterocycles. The summed E-state index contributed by atoms with van der Waals surface area (Å²) < 4.78 is 24.0. The van der Waals surface area contributed by atoms with Crippen molar-refractivity contribution >= 4 is 5.69 Å². The molecule has 1 aromatic carbocycles. The molecule has 17 heavy (non-hydrogen) atoms. The van der Waals surface area contributed by atoms with Crippen molar-refractivity contribution in [3.8, 4) is 5.75 Å². The van der Waals surface area contributed by atoms with E-state index in [1.807, 2.05) is 0 Å². The Bertz CT molecular complexity index is 364. The SMILES string of the molecule is COc1ccc(F)c(NCCC2CCCO2)c1. The fourth-order valence-corrected chi connectivity index (χ4v) is 2.01. The predicted octanol–water partition coefficient (Wildman–Crippen LogP) is 2.82. The van der Waals surface area contributed by atoms with Gasteiger partial charge < -0.3 is 14.8 Å². The number of rotatable bonds is 5. The van der Waals surface area contributed by atoms with E-state index in [0.29, 0.717) is 17.5 Å². The summed E-state index contributed by atoms with van der Waals surface area (Å²) in [6.45, 7) is 1.58. The van der Waals surface area contributed by atoms with Crippen LogP contribution in [0.2, 0.25) is 0 Å². The molecule has 1 aliphatic heterocycles. The largest absolute Gasteiger partial charge is 0.497 e. The van der Waals surface area contributed by atoms with Crippen molar-refractivity contribution in [1.29, 1.82) is 0 Å². The monoisotopic (exact) mass is 239 g/mol. The van der Waals surface area contributed by atoms with Crippen molar-refractivity contribution in [1.82, 2.24) is 0 Å². The summed E-state index contributed by atoms with van der Waals surface area (Å²) in [5, 5.41) is 3.08. The van der Waals surface area contributed by atoms with Crippen molar-refractivity contribution in [2.45, 2.75) is 25.4 Å². The van der Waals surface area contributed by atoms with Gasteiger partial charge in [-0.05, 0) is 31.4 Å². The molecule has 0 spiro atoms. The Morgan fingerprint density at radius 3 is 3.12 bits per heavy atom. The topological polar surface area (TPSA) is 30.5 Å². The minimum Gasteiger partial charge on any atom is -0.497 e. The van der Waals surface area contributed by atoms with Crippen LogP contribution in [0, 0.1) is 5.82 Å². The molecule has 3 nitrogen and oxygen atoms in total. The molecule has 0 aliphatic carbocycles. The third-order valence-electron chi connectivity index (χ3n) is 2.98. The Morgan fingerprint density at radius 2 is 2.41 bits per heavy atom. The summed E-state index contributed by atoms with van der Waals surface area (Å²) in [6, 6.07) is 4.69. The summed E-state index contributed by atoms with van der Waals surface area (Å²) in [5.74, 6) is 0.407. The third kappa shape index (κ3) is 3.33. The second kappa shape index (κ2) is 5.87. The second-order valence-electron chi connectivity index (χ2n) is 4.20. The van der Waals surface area contributed by atoms with Crippen LogP contribution >= 0.6 is 0 Å². The minimum atomic E-state index is -0.252. The Morgan fingerprint density at radius 1 is 1.53 bits per heavy atom. The quantitative estimate of drug-likeness (QED) is 0.857. The number of ether oxygens (including phenoxy) is 2. The number of anilines is 1. The van der Waals surface area contributed by atoms with E-state index < -0.39 is 0 Å². The van der Waals surface area contributed by atoms with Crippen LogP contribution < -0.4 is 10.1 Å². The van der Waals surface area contributed by atoms with Crippen molar-refractivity contribution in [3.05, 3.63) is 24.0 Å². The van der Waals surface area contributed by atoms with Gasteiger partial charge in [-0.15, -0.1) is 0 Å². The smallest absolute Gasteiger partial charge is 0.146 e. The Labute approximate surface area is 101 Å². The van der Waals surface area contributed by atoms with E-state index in [-0.39, 0.29) is 5.82 Å². The van der Waals surface area contributed by atoms with E-state index in [9.17, 15) is 4.39 Å². The van der Waals surface area contributed by atoms with Crippen molar-refractivity contribution in [2.75, 3.05) is 25.6 Å². The fourth-order valence-electron chi connectivity index (χ4n) is 2.01. The highest BCUT2D eigenvalue weighted by atomic mass is 19.1. The molecule has 1 aliphatic rings. The first-order valence-corrected chi connectivity index (χ1v) is 5.98. The molecule has 1 atom stereocenters. The molecule has 0 aromatic heterocycles. The first kappa shape index (κ1) is 12.2. The van der Waals surface area contributed by atoms with Crippen LogP contribution in [0.25, 0.3) is 0 Å². The highest BCUT2D eigenvalue weighted by Gasteiger charge is 2.14. The Kier molecular flexibility index (Phi) is 4.20. The van der Waals surface area contributed by atoms with Crippen LogP contribution in [0.1, 0.15) is 19.3 Å². The summed E-state index contributed by atoms with van der Waals surface area (Å²) in [5.41, 5.74) is 0.488. The molecule has 0 saturated carbocycles. The molecule has 1 saturated heterocycles. The van der Waals surface area contributed by atoms with Crippen LogP contribution in [0.15, 0.2) is 18.2 Å². The van der Waals surface area contributed by atoms with Gasteiger partial charge in [0.2, 0.25) is 0 Å². The molecular weight excluding hydrogens is 221 g/mol. The first-order chi connectivity index (χ1) is 8.29. The van der Waals surface area contributed by atoms with Gasteiger partial charge in [0.25, 0.3) is 0 Å². The predicted molar refractivity (Wildman–Crippen MR) is 65.0 cm³/mol. The second-order valence-corrected chi connectivity index (χ2v) is 4.20. The molecule has 0 radical (unpaired) electrons. The summed E-state index contributed by atoms with van der Waals surface area (Å²) in [6.07, 6.45) is 3.49. The molecule has 1 fully saturated rings. The van der Waals surface area contributed by atoms with E-state index >= 15 is 0 Å². The van der Waals surface area contributed by atoms with Crippen LogP contribution in [0.5, 0.6) is 5.75 Å². The third-order valence-corrected chi connectivity index (χ3v) is 2.98. The van der Waals surface area contributed by atoms with Crippen molar-refractivity contribution in [2.24, 2.45) is 0 Å². The zero-order valence-electron chi connectivity index (χ0n) is 10.0. The molecule has 4 heteroatoms. The molecule has 1 N–H and O–H groups in total. The Hall–Kier alpha value is -1.29. The maximum Gasteiger partial charge on any atom is 0.146 e. The highest BCUT2D eigenvalue weighted by molar-refractivity contribution is 5.49. The lowest BCUT2D eigenvalue weighted by Gasteiger charge is -2.12. The summed E-state index contributed by atoms with van der Waals surface area (Å²) in [4.78, 5) is 0. The van der Waals surface area contributed by atoms with Gasteiger partial charge >= 0.3 is 0 Å². The maximum absolute atomic E-state index is 13.5. The normalized spacial score (nSPS) is 19.3. The first-order valence-electron chi connectivity index (χ1n) is 5.98. The summed E-state index contributed by atoms with van der Waals surface area (Å²) >= 11 is 0. The van der Waals surface area contributed by atoms with Gasteiger partial charge in [-0.2, -0.15) is 0 Å². The van der Waals surface area contributed by atoms with Crippen LogP contribution in [0.3, 0.4) is 0 Å². The molecule has 2 rings (SSSR count). The maximum atomic E-state index is 13.5. The molecule has 94 valence electrons. The van der Waals surface area contributed by atoms with Crippen LogP contribution in [0.4, 0.5) is 10.1 Å². The van der Waals surface area contributed by atoms with Gasteiger partial charge in [-0.25, -0.2) is 4.39 Å². The molecule has 0 bridgehead atoms. The number of hydrogen-bond acceptors (Lipinski definition) is 3. The molecule has 1 unspecified atom stereocenters. The van der Waals surface area contributed by atoms with Gasteiger partial charge in [0, 0.05) is 19.2 Å². The fraction of sp³-hybridized carbons (Fsp3) is 0.538. The zero-order valence-corrected chi connectivity index (χ0v) is 10.0. The average molecular weight is 239 g/mol. The van der Waals surface area contributed by atoms with Crippen molar-refractivity contribution < 1.29 is 13.9 Å². The highest BCUT2D eigenvalue weighted by Crippen LogP contribution is 2.21. The van der Waals surface area contributed by atoms with Gasteiger partial charge in [0.15, 0.2) is 0 Å². The van der Waals surface area contributed by atoms with Crippen LogP contribution in [-0.2, 0) is 4.74 Å². The zero-order chi connectivity index (χ0) is 12.1. The minimum absolute atomic E-state index is 0.252. The van der Waals surface area contributed by atoms with E-state index in [1.54, 1.807) is 19.2 Å². The molecule has 0 amide bonds. The average Bonchev–Trinajstić information content (AvgIpc) is 2.84. The van der Waals surface area contributed by atoms with Gasteiger partial charge in [-0.1, -0.05) is 0 Å². The van der Waals surface area contributed by atoms with E-state index in [4.69, 9.17) is 9.47 Å². The van der Waals surface area contributed by atoms with Gasteiger partial charge in [-0.3, -0.25) is 0 Å². The lowest BCUT2D eigenvalue weighted by atomic mass is 10.2.